The average molecular weight is 469 g/mol. The molecule has 0 heterocycles. The van der Waals surface area contributed by atoms with Gasteiger partial charge in [-0.1, -0.05) is 45.9 Å². The molecule has 34 heavy (non-hydrogen) atoms. The molecule has 1 aromatic rings. The zero-order chi connectivity index (χ0) is 24.9. The van der Waals surface area contributed by atoms with Gasteiger partial charge in [-0.15, -0.1) is 6.58 Å². The topological polar surface area (TPSA) is 72.8 Å². The molecule has 3 saturated carbocycles. The Labute approximate surface area is 203 Å². The van der Waals surface area contributed by atoms with Gasteiger partial charge >= 0.3 is 5.97 Å². The molecule has 0 radical (unpaired) electrons. The molecule has 8 atom stereocenters. The van der Waals surface area contributed by atoms with Gasteiger partial charge < -0.3 is 14.6 Å². The van der Waals surface area contributed by atoms with Gasteiger partial charge in [0.2, 0.25) is 0 Å². The summed E-state index contributed by atoms with van der Waals surface area (Å²) in [7, 11) is 0. The summed E-state index contributed by atoms with van der Waals surface area (Å²) >= 11 is 0. The maximum atomic E-state index is 13.4. The fourth-order valence-electron chi connectivity index (χ4n) is 7.54. The standard InChI is InChI=1S/C29H40O5/c1-7-27(5)16-23(34-24(31)17-33-21-10-8-9-18(2)15-21)28(6)19(3)11-13-29(20(4)26(27)32)14-12-22(30)25(28)29/h7-10,15,19-20,23,25-26,32H,1,11-14,16-17H2,2-6H3/t19?,20-,23+,25?,26-,27+,28-,29?/m0/s1. The molecule has 4 rings (SSSR count). The van der Waals surface area contributed by atoms with Gasteiger partial charge in [0.05, 0.1) is 6.10 Å². The minimum Gasteiger partial charge on any atom is -0.482 e. The normalized spacial score (nSPS) is 41.7. The van der Waals surface area contributed by atoms with Crippen LogP contribution in [-0.2, 0) is 14.3 Å². The van der Waals surface area contributed by atoms with Crippen molar-refractivity contribution in [2.24, 2.45) is 34.0 Å². The van der Waals surface area contributed by atoms with Crippen molar-refractivity contribution in [1.29, 1.82) is 0 Å². The van der Waals surface area contributed by atoms with Crippen LogP contribution < -0.4 is 4.74 Å². The van der Waals surface area contributed by atoms with Crippen LogP contribution in [0.15, 0.2) is 36.9 Å². The van der Waals surface area contributed by atoms with Crippen LogP contribution in [0.4, 0.5) is 0 Å². The second kappa shape index (κ2) is 8.82. The van der Waals surface area contributed by atoms with E-state index in [9.17, 15) is 14.7 Å². The maximum absolute atomic E-state index is 13.4. The molecule has 5 heteroatoms. The lowest BCUT2D eigenvalue weighted by Crippen LogP contribution is -2.63. The number of rotatable bonds is 5. The molecule has 1 aromatic carbocycles. The summed E-state index contributed by atoms with van der Waals surface area (Å²) in [6, 6.07) is 7.56. The van der Waals surface area contributed by atoms with Gasteiger partial charge in [0.15, 0.2) is 6.61 Å². The summed E-state index contributed by atoms with van der Waals surface area (Å²) in [6.45, 7) is 14.3. The number of esters is 1. The summed E-state index contributed by atoms with van der Waals surface area (Å²) < 4.78 is 11.9. The molecular formula is C29H40O5. The van der Waals surface area contributed by atoms with Crippen LogP contribution in [0.3, 0.4) is 0 Å². The van der Waals surface area contributed by atoms with E-state index in [2.05, 4.69) is 27.4 Å². The predicted molar refractivity (Wildman–Crippen MR) is 131 cm³/mol. The molecule has 3 aliphatic carbocycles. The summed E-state index contributed by atoms with van der Waals surface area (Å²) in [5.74, 6) is 0.374. The smallest absolute Gasteiger partial charge is 0.344 e. The lowest BCUT2D eigenvalue weighted by molar-refractivity contribution is -0.207. The monoisotopic (exact) mass is 468 g/mol. The molecule has 1 N–H and O–H groups in total. The number of carbonyl (C=O) groups is 2. The van der Waals surface area contributed by atoms with Crippen LogP contribution in [0.2, 0.25) is 0 Å². The molecule has 186 valence electrons. The Morgan fingerprint density at radius 2 is 2.00 bits per heavy atom. The van der Waals surface area contributed by atoms with E-state index in [1.807, 2.05) is 44.2 Å². The van der Waals surface area contributed by atoms with Crippen LogP contribution in [-0.4, -0.2) is 35.7 Å². The Morgan fingerprint density at radius 1 is 1.26 bits per heavy atom. The number of hydrogen-bond donors (Lipinski definition) is 1. The minimum absolute atomic E-state index is 0.0416. The quantitative estimate of drug-likeness (QED) is 0.470. The number of Topliss-reactive ketones (excluding diaryl/α,β-unsaturated/α-hetero) is 1. The van der Waals surface area contributed by atoms with Gasteiger partial charge in [-0.3, -0.25) is 4.79 Å². The van der Waals surface area contributed by atoms with E-state index >= 15 is 0 Å². The fourth-order valence-corrected chi connectivity index (χ4v) is 7.54. The Morgan fingerprint density at radius 3 is 2.68 bits per heavy atom. The third-order valence-corrected chi connectivity index (χ3v) is 9.92. The van der Waals surface area contributed by atoms with Crippen LogP contribution in [0.1, 0.15) is 65.4 Å². The number of ether oxygens (including phenoxy) is 2. The highest BCUT2D eigenvalue weighted by Gasteiger charge is 2.68. The summed E-state index contributed by atoms with van der Waals surface area (Å²) in [4.78, 5) is 26.5. The van der Waals surface area contributed by atoms with Crippen LogP contribution in [0, 0.1) is 40.9 Å². The van der Waals surface area contributed by atoms with Gasteiger partial charge in [0.1, 0.15) is 17.6 Å². The molecular weight excluding hydrogens is 428 g/mol. The molecule has 3 aliphatic rings. The molecule has 2 bridgehead atoms. The fraction of sp³-hybridized carbons (Fsp3) is 0.655. The lowest BCUT2D eigenvalue weighted by Gasteiger charge is -2.61. The van der Waals surface area contributed by atoms with E-state index in [0.717, 1.165) is 24.8 Å². The third-order valence-electron chi connectivity index (χ3n) is 9.92. The lowest BCUT2D eigenvalue weighted by atomic mass is 9.44. The first kappa shape index (κ1) is 25.0. The van der Waals surface area contributed by atoms with Gasteiger partial charge in [-0.25, -0.2) is 4.79 Å². The van der Waals surface area contributed by atoms with Crippen molar-refractivity contribution in [2.75, 3.05) is 6.61 Å². The van der Waals surface area contributed by atoms with E-state index in [1.54, 1.807) is 0 Å². The second-order valence-corrected chi connectivity index (χ2v) is 11.7. The number of hydrogen-bond acceptors (Lipinski definition) is 5. The Hall–Kier alpha value is -2.14. The first-order chi connectivity index (χ1) is 16.0. The van der Waals surface area contributed by atoms with Gasteiger partial charge in [0.25, 0.3) is 0 Å². The minimum atomic E-state index is -0.666. The molecule has 5 nitrogen and oxygen atoms in total. The summed E-state index contributed by atoms with van der Waals surface area (Å²) in [5, 5.41) is 11.6. The van der Waals surface area contributed by atoms with Crippen LogP contribution >= 0.6 is 0 Å². The average Bonchev–Trinajstić information content (AvgIpc) is 3.16. The number of aliphatic hydroxyl groups excluding tert-OH is 1. The second-order valence-electron chi connectivity index (χ2n) is 11.7. The molecule has 0 spiro atoms. The number of aliphatic hydroxyl groups is 1. The number of carbonyl (C=O) groups excluding carboxylic acids is 2. The predicted octanol–water partition coefficient (Wildman–Crippen LogP) is 5.28. The van der Waals surface area contributed by atoms with Crippen molar-refractivity contribution < 1.29 is 24.2 Å². The highest BCUT2D eigenvalue weighted by Crippen LogP contribution is 2.67. The SMILES string of the molecule is C=C[C@]1(C)C[C@@H](OC(=O)COc2cccc(C)c2)[C@]2(C)C(C)CCC3(CCC(=O)C32)[C@@H](C)[C@@H]1O. The molecule has 0 amide bonds. The number of ketones is 1. The number of benzene rings is 1. The van der Waals surface area contributed by atoms with Gasteiger partial charge in [-0.05, 0) is 67.6 Å². The summed E-state index contributed by atoms with van der Waals surface area (Å²) in [6.07, 6.45) is 4.26. The Balaban J connectivity index is 1.68. The van der Waals surface area contributed by atoms with E-state index < -0.39 is 29.0 Å². The third kappa shape index (κ3) is 3.80. The molecule has 0 aliphatic heterocycles. The highest BCUT2D eigenvalue weighted by molar-refractivity contribution is 5.85. The Kier molecular flexibility index (Phi) is 6.48. The molecule has 0 aromatic heterocycles. The first-order valence-electron chi connectivity index (χ1n) is 12.7. The van der Waals surface area contributed by atoms with E-state index in [4.69, 9.17) is 9.47 Å². The summed E-state index contributed by atoms with van der Waals surface area (Å²) in [5.41, 5.74) is -0.367. The van der Waals surface area contributed by atoms with Gasteiger partial charge in [0, 0.05) is 23.2 Å². The van der Waals surface area contributed by atoms with Crippen LogP contribution in [0.5, 0.6) is 5.75 Å². The molecule has 3 fully saturated rings. The van der Waals surface area contributed by atoms with E-state index in [-0.39, 0.29) is 35.6 Å². The maximum Gasteiger partial charge on any atom is 0.344 e. The van der Waals surface area contributed by atoms with Crippen LogP contribution in [0.25, 0.3) is 0 Å². The highest BCUT2D eigenvalue weighted by atomic mass is 16.6. The van der Waals surface area contributed by atoms with Crippen molar-refractivity contribution in [3.8, 4) is 5.75 Å². The van der Waals surface area contributed by atoms with Crippen molar-refractivity contribution in [2.45, 2.75) is 78.9 Å². The van der Waals surface area contributed by atoms with Crippen molar-refractivity contribution in [1.82, 2.24) is 0 Å². The van der Waals surface area contributed by atoms with Crippen molar-refractivity contribution >= 4 is 11.8 Å². The van der Waals surface area contributed by atoms with Crippen molar-refractivity contribution in [3.05, 3.63) is 42.5 Å². The van der Waals surface area contributed by atoms with E-state index in [1.165, 1.54) is 0 Å². The van der Waals surface area contributed by atoms with E-state index in [0.29, 0.717) is 18.6 Å². The van der Waals surface area contributed by atoms with Gasteiger partial charge in [-0.2, -0.15) is 0 Å². The zero-order valence-corrected chi connectivity index (χ0v) is 21.3. The zero-order valence-electron chi connectivity index (χ0n) is 21.3. The van der Waals surface area contributed by atoms with Crippen molar-refractivity contribution in [3.63, 3.8) is 0 Å². The largest absolute Gasteiger partial charge is 0.482 e. The Bertz CT molecular complexity index is 971. The molecule has 3 unspecified atom stereocenters. The molecule has 0 saturated heterocycles. The first-order valence-corrected chi connectivity index (χ1v) is 12.7. The number of aryl methyl sites for hydroxylation is 1.